The second-order valence-electron chi connectivity index (χ2n) is 6.04. The fraction of sp³-hybridized carbons (Fsp3) is 0.278. The van der Waals surface area contributed by atoms with Gasteiger partial charge in [0.1, 0.15) is 12.4 Å². The first kappa shape index (κ1) is 19.6. The minimum Gasteiger partial charge on any atom is -0.492 e. The van der Waals surface area contributed by atoms with Crippen LogP contribution in [0.2, 0.25) is 0 Å². The Morgan fingerprint density at radius 2 is 2.11 bits per heavy atom. The van der Waals surface area contributed by atoms with Crippen LogP contribution in [0.25, 0.3) is 11.6 Å². The average Bonchev–Trinajstić information content (AvgIpc) is 3.31. The van der Waals surface area contributed by atoms with Gasteiger partial charge in [-0.2, -0.15) is 4.98 Å². The number of aryl methyl sites for hydroxylation is 1. The fourth-order valence-electron chi connectivity index (χ4n) is 2.28. The minimum atomic E-state index is -3.09. The van der Waals surface area contributed by atoms with Crippen LogP contribution >= 0.6 is 0 Å². The van der Waals surface area contributed by atoms with Crippen molar-refractivity contribution in [2.24, 2.45) is 0 Å². The summed E-state index contributed by atoms with van der Waals surface area (Å²) in [6.45, 7) is 0.0470. The highest BCUT2D eigenvalue weighted by Crippen LogP contribution is 2.19. The van der Waals surface area contributed by atoms with E-state index in [1.54, 1.807) is 36.4 Å². The lowest BCUT2D eigenvalue weighted by molar-refractivity contribution is -0.116. The number of nitrogens with one attached hydrogen (secondary N) is 1. The van der Waals surface area contributed by atoms with Gasteiger partial charge < -0.3 is 19.0 Å². The van der Waals surface area contributed by atoms with E-state index in [9.17, 15) is 13.2 Å². The molecule has 0 spiro atoms. The lowest BCUT2D eigenvalue weighted by Crippen LogP contribution is -2.13. The molecule has 2 heterocycles. The zero-order valence-electron chi connectivity index (χ0n) is 15.1. The van der Waals surface area contributed by atoms with E-state index in [1.165, 1.54) is 6.26 Å². The summed E-state index contributed by atoms with van der Waals surface area (Å²) in [6.07, 6.45) is 3.09. The van der Waals surface area contributed by atoms with Crippen LogP contribution in [0.1, 0.15) is 12.3 Å². The van der Waals surface area contributed by atoms with E-state index in [2.05, 4.69) is 15.5 Å². The van der Waals surface area contributed by atoms with E-state index in [0.29, 0.717) is 28.9 Å². The number of amides is 1. The Morgan fingerprint density at radius 1 is 1.25 bits per heavy atom. The zero-order valence-corrected chi connectivity index (χ0v) is 15.9. The van der Waals surface area contributed by atoms with Crippen molar-refractivity contribution < 1.29 is 26.9 Å². The summed E-state index contributed by atoms with van der Waals surface area (Å²) >= 11 is 0. The molecule has 0 aliphatic heterocycles. The Hall–Kier alpha value is -3.14. The van der Waals surface area contributed by atoms with Gasteiger partial charge in [-0.25, -0.2) is 8.42 Å². The van der Waals surface area contributed by atoms with E-state index in [-0.39, 0.29) is 31.1 Å². The molecule has 0 fully saturated rings. The number of anilines is 1. The molecule has 2 aromatic heterocycles. The normalized spacial score (nSPS) is 11.3. The number of carbonyl (C=O) groups is 1. The molecule has 3 rings (SSSR count). The molecular weight excluding hydrogens is 386 g/mol. The standard InChI is InChI=1S/C18H19N3O6S/c1-28(23,24)11-10-25-14-5-2-4-13(12-14)19-16(22)7-8-17-20-18(21-27-17)15-6-3-9-26-15/h2-6,9,12H,7-8,10-11H2,1H3,(H,19,22). The number of ether oxygens (including phenoxy) is 1. The molecule has 0 saturated heterocycles. The van der Waals surface area contributed by atoms with Crippen LogP contribution in [0.5, 0.6) is 5.75 Å². The molecule has 1 amide bonds. The molecule has 0 aliphatic carbocycles. The molecule has 148 valence electrons. The molecular formula is C18H19N3O6S. The average molecular weight is 405 g/mol. The molecule has 1 aromatic carbocycles. The molecule has 28 heavy (non-hydrogen) atoms. The van der Waals surface area contributed by atoms with Crippen molar-refractivity contribution in [1.29, 1.82) is 0 Å². The lowest BCUT2D eigenvalue weighted by Gasteiger charge is -2.08. The number of carbonyl (C=O) groups excluding carboxylic acids is 1. The molecule has 0 bridgehead atoms. The molecule has 1 N–H and O–H groups in total. The van der Waals surface area contributed by atoms with Crippen molar-refractivity contribution in [1.82, 2.24) is 10.1 Å². The maximum Gasteiger partial charge on any atom is 0.238 e. The third kappa shape index (κ3) is 5.95. The smallest absolute Gasteiger partial charge is 0.238 e. The highest BCUT2D eigenvalue weighted by molar-refractivity contribution is 7.90. The first-order chi connectivity index (χ1) is 13.4. The largest absolute Gasteiger partial charge is 0.492 e. The van der Waals surface area contributed by atoms with Gasteiger partial charge in [0.2, 0.25) is 17.6 Å². The van der Waals surface area contributed by atoms with Gasteiger partial charge in [0.15, 0.2) is 15.6 Å². The van der Waals surface area contributed by atoms with Crippen LogP contribution in [0.15, 0.2) is 51.6 Å². The summed E-state index contributed by atoms with van der Waals surface area (Å²) in [7, 11) is -3.09. The van der Waals surface area contributed by atoms with Crippen LogP contribution in [0.3, 0.4) is 0 Å². The Morgan fingerprint density at radius 3 is 2.86 bits per heavy atom. The number of aromatic nitrogens is 2. The van der Waals surface area contributed by atoms with Crippen LogP contribution < -0.4 is 10.1 Å². The summed E-state index contributed by atoms with van der Waals surface area (Å²) in [5.74, 6) is 1.33. The van der Waals surface area contributed by atoms with Gasteiger partial charge in [0.05, 0.1) is 12.0 Å². The van der Waals surface area contributed by atoms with Crippen molar-refractivity contribution in [2.75, 3.05) is 23.9 Å². The summed E-state index contributed by atoms with van der Waals surface area (Å²) in [5, 5.41) is 6.56. The Kier molecular flexibility index (Phi) is 6.09. The monoisotopic (exact) mass is 405 g/mol. The summed E-state index contributed by atoms with van der Waals surface area (Å²) < 4.78 is 38.0. The highest BCUT2D eigenvalue weighted by Gasteiger charge is 2.12. The van der Waals surface area contributed by atoms with Gasteiger partial charge >= 0.3 is 0 Å². The van der Waals surface area contributed by atoms with Crippen molar-refractivity contribution in [3.05, 3.63) is 48.6 Å². The second kappa shape index (κ2) is 8.70. The van der Waals surface area contributed by atoms with Crippen molar-refractivity contribution in [3.63, 3.8) is 0 Å². The van der Waals surface area contributed by atoms with Gasteiger partial charge in [-0.3, -0.25) is 4.79 Å². The van der Waals surface area contributed by atoms with Crippen LogP contribution in [0.4, 0.5) is 5.69 Å². The topological polar surface area (TPSA) is 125 Å². The molecule has 0 atom stereocenters. The van der Waals surface area contributed by atoms with E-state index in [4.69, 9.17) is 13.7 Å². The zero-order chi connectivity index (χ0) is 20.0. The number of nitrogens with zero attached hydrogens (tertiary/aromatic N) is 2. The summed E-state index contributed by atoms with van der Waals surface area (Å²) in [4.78, 5) is 16.3. The number of benzene rings is 1. The number of sulfone groups is 1. The van der Waals surface area contributed by atoms with E-state index in [0.717, 1.165) is 6.26 Å². The first-order valence-corrected chi connectivity index (χ1v) is 10.5. The fourth-order valence-corrected chi connectivity index (χ4v) is 2.67. The molecule has 10 heteroatoms. The number of hydrogen-bond donors (Lipinski definition) is 1. The first-order valence-electron chi connectivity index (χ1n) is 8.46. The van der Waals surface area contributed by atoms with Crippen molar-refractivity contribution >= 4 is 21.4 Å². The van der Waals surface area contributed by atoms with Crippen molar-refractivity contribution in [2.45, 2.75) is 12.8 Å². The summed E-state index contributed by atoms with van der Waals surface area (Å²) in [5.41, 5.74) is 0.545. The van der Waals surface area contributed by atoms with Crippen LogP contribution in [-0.4, -0.2) is 43.1 Å². The van der Waals surface area contributed by atoms with Crippen LogP contribution in [-0.2, 0) is 21.1 Å². The van der Waals surface area contributed by atoms with Gasteiger partial charge in [-0.1, -0.05) is 11.2 Å². The van der Waals surface area contributed by atoms with Gasteiger partial charge in [-0.15, -0.1) is 0 Å². The number of hydrogen-bond acceptors (Lipinski definition) is 8. The third-order valence-corrected chi connectivity index (χ3v) is 4.52. The number of furan rings is 1. The van der Waals surface area contributed by atoms with Gasteiger partial charge in [-0.05, 0) is 24.3 Å². The maximum atomic E-state index is 12.1. The lowest BCUT2D eigenvalue weighted by atomic mass is 10.2. The third-order valence-electron chi connectivity index (χ3n) is 3.62. The van der Waals surface area contributed by atoms with Crippen molar-refractivity contribution in [3.8, 4) is 17.3 Å². The van der Waals surface area contributed by atoms with E-state index >= 15 is 0 Å². The molecule has 0 saturated carbocycles. The van der Waals surface area contributed by atoms with Gasteiger partial charge in [0, 0.05) is 30.9 Å². The Bertz CT molecular complexity index is 1030. The van der Waals surface area contributed by atoms with E-state index < -0.39 is 9.84 Å². The molecule has 0 aliphatic rings. The molecule has 3 aromatic rings. The molecule has 0 radical (unpaired) electrons. The molecule has 9 nitrogen and oxygen atoms in total. The maximum absolute atomic E-state index is 12.1. The second-order valence-corrected chi connectivity index (χ2v) is 8.30. The van der Waals surface area contributed by atoms with Crippen LogP contribution in [0, 0.1) is 0 Å². The quantitative estimate of drug-likeness (QED) is 0.575. The number of rotatable bonds is 9. The predicted octanol–water partition coefficient (Wildman–Crippen LogP) is 2.32. The highest BCUT2D eigenvalue weighted by atomic mass is 32.2. The minimum absolute atomic E-state index is 0.0470. The molecule has 0 unspecified atom stereocenters. The predicted molar refractivity (Wildman–Crippen MR) is 101 cm³/mol. The van der Waals surface area contributed by atoms with E-state index in [1.807, 2.05) is 0 Å². The SMILES string of the molecule is CS(=O)(=O)CCOc1cccc(NC(=O)CCc2nc(-c3ccco3)no2)c1. The Balaban J connectivity index is 1.49. The Labute approximate surface area is 161 Å². The summed E-state index contributed by atoms with van der Waals surface area (Å²) in [6, 6.07) is 10.2. The van der Waals surface area contributed by atoms with Gasteiger partial charge in [0.25, 0.3) is 0 Å².